The average Bonchev–Trinajstić information content (AvgIpc) is 2.51. The Balaban J connectivity index is 1.80. The van der Waals surface area contributed by atoms with Crippen molar-refractivity contribution in [1.29, 1.82) is 0 Å². The number of ketones is 1. The van der Waals surface area contributed by atoms with Gasteiger partial charge in [-0.2, -0.15) is 0 Å². The summed E-state index contributed by atoms with van der Waals surface area (Å²) in [5, 5.41) is 0. The zero-order valence-electron chi connectivity index (χ0n) is 13.6. The van der Waals surface area contributed by atoms with Gasteiger partial charge >= 0.3 is 0 Å². The largest absolute Gasteiger partial charge is 0.439 e. The number of hydrogen-bond acceptors (Lipinski definition) is 3. The molecule has 1 aromatic carbocycles. The molecule has 3 heteroatoms. The molecule has 2 aromatic rings. The topological polar surface area (TPSA) is 39.2 Å². The molecule has 3 rings (SSSR count). The molecule has 0 aliphatic heterocycles. The van der Waals surface area contributed by atoms with Crippen LogP contribution in [0.4, 0.5) is 0 Å². The van der Waals surface area contributed by atoms with Crippen LogP contribution in [0.5, 0.6) is 11.6 Å². The molecule has 1 saturated carbocycles. The summed E-state index contributed by atoms with van der Waals surface area (Å²) in [5.74, 6) is 1.77. The summed E-state index contributed by atoms with van der Waals surface area (Å²) in [6, 6.07) is 10.0. The molecular weight excluding hydrogens is 286 g/mol. The Kier molecular flexibility index (Phi) is 4.56. The van der Waals surface area contributed by atoms with Gasteiger partial charge in [-0.3, -0.25) is 4.79 Å². The fourth-order valence-corrected chi connectivity index (χ4v) is 2.78. The van der Waals surface area contributed by atoms with Crippen LogP contribution in [0.3, 0.4) is 0 Å². The van der Waals surface area contributed by atoms with Crippen molar-refractivity contribution in [3.63, 3.8) is 0 Å². The number of allylic oxidation sites excluding steroid dienone is 1. The van der Waals surface area contributed by atoms with Gasteiger partial charge in [-0.05, 0) is 55.5 Å². The summed E-state index contributed by atoms with van der Waals surface area (Å²) < 4.78 is 5.87. The molecule has 0 atom stereocenters. The number of ether oxygens (including phenoxy) is 1. The van der Waals surface area contributed by atoms with E-state index in [0.717, 1.165) is 35.3 Å². The first-order valence-corrected chi connectivity index (χ1v) is 8.02. The summed E-state index contributed by atoms with van der Waals surface area (Å²) in [7, 11) is 0. The van der Waals surface area contributed by atoms with Gasteiger partial charge < -0.3 is 4.74 Å². The highest BCUT2D eigenvalue weighted by Crippen LogP contribution is 2.27. The number of carbonyl (C=O) groups excluding carboxylic acids is 1. The number of pyridine rings is 1. The van der Waals surface area contributed by atoms with Gasteiger partial charge in [-0.1, -0.05) is 23.8 Å². The van der Waals surface area contributed by atoms with Gasteiger partial charge in [-0.25, -0.2) is 4.98 Å². The van der Waals surface area contributed by atoms with Gasteiger partial charge in [0.2, 0.25) is 5.88 Å². The van der Waals surface area contributed by atoms with Crippen molar-refractivity contribution in [2.45, 2.75) is 39.5 Å². The van der Waals surface area contributed by atoms with Crippen LogP contribution in [0.2, 0.25) is 0 Å². The molecule has 23 heavy (non-hydrogen) atoms. The number of benzene rings is 1. The fourth-order valence-electron chi connectivity index (χ4n) is 2.78. The number of rotatable bonds is 3. The third-order valence-corrected chi connectivity index (χ3v) is 4.00. The number of hydrogen-bond donors (Lipinski definition) is 0. The lowest BCUT2D eigenvalue weighted by Crippen LogP contribution is -2.05. The van der Waals surface area contributed by atoms with Crippen molar-refractivity contribution in [3.05, 3.63) is 58.8 Å². The van der Waals surface area contributed by atoms with Crippen LogP contribution in [0.25, 0.3) is 6.08 Å². The maximum atomic E-state index is 11.3. The summed E-state index contributed by atoms with van der Waals surface area (Å²) in [4.78, 5) is 15.6. The molecule has 1 aliphatic carbocycles. The first-order chi connectivity index (χ1) is 11.1. The van der Waals surface area contributed by atoms with E-state index in [1.165, 1.54) is 5.57 Å². The Morgan fingerprint density at radius 2 is 1.78 bits per heavy atom. The second-order valence-corrected chi connectivity index (χ2v) is 6.20. The Hall–Kier alpha value is -2.42. The monoisotopic (exact) mass is 307 g/mol. The highest BCUT2D eigenvalue weighted by atomic mass is 16.5. The van der Waals surface area contributed by atoms with Gasteiger partial charge in [-0.15, -0.1) is 0 Å². The van der Waals surface area contributed by atoms with E-state index in [-0.39, 0.29) is 0 Å². The molecule has 0 N–H and O–H groups in total. The molecule has 1 fully saturated rings. The van der Waals surface area contributed by atoms with Crippen molar-refractivity contribution in [2.75, 3.05) is 0 Å². The van der Waals surface area contributed by atoms with Crippen LogP contribution in [0.15, 0.2) is 42.1 Å². The highest BCUT2D eigenvalue weighted by molar-refractivity contribution is 5.80. The van der Waals surface area contributed by atoms with Crippen LogP contribution in [0, 0.1) is 13.8 Å². The Morgan fingerprint density at radius 1 is 1.00 bits per heavy atom. The summed E-state index contributed by atoms with van der Waals surface area (Å²) in [6.45, 7) is 4.06. The van der Waals surface area contributed by atoms with E-state index in [1.807, 2.05) is 31.2 Å². The van der Waals surface area contributed by atoms with Gasteiger partial charge in [0, 0.05) is 25.1 Å². The second-order valence-electron chi connectivity index (χ2n) is 6.20. The number of aromatic nitrogens is 1. The molecule has 3 nitrogen and oxygen atoms in total. The number of carbonyl (C=O) groups is 1. The zero-order chi connectivity index (χ0) is 16.2. The van der Waals surface area contributed by atoms with Crippen molar-refractivity contribution < 1.29 is 9.53 Å². The highest BCUT2D eigenvalue weighted by Gasteiger charge is 2.12. The normalized spacial score (nSPS) is 14.7. The van der Waals surface area contributed by atoms with Crippen LogP contribution >= 0.6 is 0 Å². The van der Waals surface area contributed by atoms with Crippen LogP contribution in [0.1, 0.15) is 42.4 Å². The van der Waals surface area contributed by atoms with Crippen molar-refractivity contribution >= 4 is 11.9 Å². The molecule has 0 saturated heterocycles. The van der Waals surface area contributed by atoms with E-state index >= 15 is 0 Å². The molecular formula is C20H21NO2. The van der Waals surface area contributed by atoms with Crippen molar-refractivity contribution in [3.8, 4) is 11.6 Å². The van der Waals surface area contributed by atoms with Gasteiger partial charge in [0.25, 0.3) is 0 Å². The maximum absolute atomic E-state index is 11.3. The first kappa shape index (κ1) is 15.5. The van der Waals surface area contributed by atoms with Crippen LogP contribution in [-0.2, 0) is 4.79 Å². The maximum Gasteiger partial charge on any atom is 0.219 e. The number of Topliss-reactive ketones (excluding diaryl/α,β-unsaturated/α-hetero) is 1. The molecule has 1 heterocycles. The van der Waals surface area contributed by atoms with E-state index in [0.29, 0.717) is 24.5 Å². The average molecular weight is 307 g/mol. The smallest absolute Gasteiger partial charge is 0.219 e. The van der Waals surface area contributed by atoms with E-state index in [1.54, 1.807) is 6.20 Å². The summed E-state index contributed by atoms with van der Waals surface area (Å²) >= 11 is 0. The van der Waals surface area contributed by atoms with Crippen LogP contribution in [-0.4, -0.2) is 10.8 Å². The van der Waals surface area contributed by atoms with Gasteiger partial charge in [0.1, 0.15) is 11.5 Å². The molecule has 0 bridgehead atoms. The Bertz CT molecular complexity index is 733. The molecule has 1 aliphatic rings. The Morgan fingerprint density at radius 3 is 2.48 bits per heavy atom. The molecule has 0 unspecified atom stereocenters. The SMILES string of the molecule is Cc1ccc(Oc2cc(C)cc(C=C3CCC(=O)CC3)c2)nc1. The third-order valence-electron chi connectivity index (χ3n) is 4.00. The van der Waals surface area contributed by atoms with E-state index in [4.69, 9.17) is 4.74 Å². The zero-order valence-corrected chi connectivity index (χ0v) is 13.6. The van der Waals surface area contributed by atoms with Gasteiger partial charge in [0.05, 0.1) is 0 Å². The minimum absolute atomic E-state index is 0.376. The second kappa shape index (κ2) is 6.78. The van der Waals surface area contributed by atoms with Crippen molar-refractivity contribution in [2.24, 2.45) is 0 Å². The lowest BCUT2D eigenvalue weighted by Gasteiger charge is -2.13. The van der Waals surface area contributed by atoms with E-state index in [9.17, 15) is 4.79 Å². The first-order valence-electron chi connectivity index (χ1n) is 8.02. The number of aryl methyl sites for hydroxylation is 2. The minimum atomic E-state index is 0.376. The molecule has 118 valence electrons. The predicted octanol–water partition coefficient (Wildman–Crippen LogP) is 5.02. The van der Waals surface area contributed by atoms with Crippen molar-refractivity contribution in [1.82, 2.24) is 4.98 Å². The molecule has 1 aromatic heterocycles. The predicted molar refractivity (Wildman–Crippen MR) is 91.7 cm³/mol. The quantitative estimate of drug-likeness (QED) is 0.799. The lowest BCUT2D eigenvalue weighted by atomic mass is 9.92. The van der Waals surface area contributed by atoms with E-state index in [2.05, 4.69) is 24.1 Å². The molecule has 0 spiro atoms. The van der Waals surface area contributed by atoms with Gasteiger partial charge in [0.15, 0.2) is 0 Å². The van der Waals surface area contributed by atoms with E-state index < -0.39 is 0 Å². The summed E-state index contributed by atoms with van der Waals surface area (Å²) in [5.41, 5.74) is 4.72. The minimum Gasteiger partial charge on any atom is -0.439 e. The third kappa shape index (κ3) is 4.28. The Labute approximate surface area is 137 Å². The fraction of sp³-hybridized carbons (Fsp3) is 0.300. The molecule has 0 radical (unpaired) electrons. The lowest BCUT2D eigenvalue weighted by molar-refractivity contribution is -0.119. The van der Waals surface area contributed by atoms with Crippen LogP contribution < -0.4 is 4.74 Å². The number of nitrogens with zero attached hydrogens (tertiary/aromatic N) is 1. The molecule has 0 amide bonds. The standard InChI is InChI=1S/C20H21NO2/c1-14-3-8-20(21-13-14)23-19-10-15(2)9-17(12-19)11-16-4-6-18(22)7-5-16/h3,8-13H,4-7H2,1-2H3. The summed E-state index contributed by atoms with van der Waals surface area (Å²) in [6.07, 6.45) is 7.09.